The van der Waals surface area contributed by atoms with Crippen LogP contribution in [0.1, 0.15) is 65.2 Å². The van der Waals surface area contributed by atoms with Gasteiger partial charge in [-0.1, -0.05) is 13.8 Å². The lowest BCUT2D eigenvalue weighted by molar-refractivity contribution is -0.161. The maximum atomic E-state index is 12.5. The molecule has 2 unspecified atom stereocenters. The summed E-state index contributed by atoms with van der Waals surface area (Å²) in [5.41, 5.74) is 1.01. The van der Waals surface area contributed by atoms with Gasteiger partial charge < -0.3 is 4.74 Å². The van der Waals surface area contributed by atoms with Crippen LogP contribution in [-0.4, -0.2) is 19.0 Å². The Kier molecular flexibility index (Phi) is 2.54. The van der Waals surface area contributed by atoms with Gasteiger partial charge in [-0.3, -0.25) is 4.79 Å². The van der Waals surface area contributed by atoms with Crippen molar-refractivity contribution >= 4 is 5.78 Å². The first-order valence-electron chi connectivity index (χ1n) is 9.53. The van der Waals surface area contributed by atoms with Crippen molar-refractivity contribution in [1.29, 1.82) is 0 Å². The zero-order valence-electron chi connectivity index (χ0n) is 14.4. The lowest BCUT2D eigenvalue weighted by atomic mass is 9.46. The standard InChI is InChI=1S/C20H30O2/c1-18-8-7-15-13(14(18)4-5-16(18)21)10-17(22-3)20-11-12(20)6-9-19(15,20)2/h12-15,17H,4-11H2,1-3H3/t12?,13-,14-,15-,17+,18-,19+,20?/m0/s1. The average molecular weight is 302 g/mol. The quantitative estimate of drug-likeness (QED) is 0.725. The summed E-state index contributed by atoms with van der Waals surface area (Å²) in [7, 11) is 1.94. The second-order valence-corrected chi connectivity index (χ2v) is 9.65. The molecule has 8 atom stereocenters. The lowest BCUT2D eigenvalue weighted by Gasteiger charge is -2.59. The van der Waals surface area contributed by atoms with Gasteiger partial charge in [0.15, 0.2) is 0 Å². The predicted octanol–water partition coefficient (Wildman–Crippen LogP) is 4.22. The van der Waals surface area contributed by atoms with Crippen LogP contribution < -0.4 is 0 Å². The number of methoxy groups -OCH3 is 1. The summed E-state index contributed by atoms with van der Waals surface area (Å²) in [6, 6.07) is 0. The van der Waals surface area contributed by atoms with Crippen LogP contribution in [0, 0.1) is 39.9 Å². The molecule has 1 spiro atoms. The predicted molar refractivity (Wildman–Crippen MR) is 85.3 cm³/mol. The molecule has 2 nitrogen and oxygen atoms in total. The molecule has 22 heavy (non-hydrogen) atoms. The summed E-state index contributed by atoms with van der Waals surface area (Å²) in [5, 5.41) is 0. The van der Waals surface area contributed by atoms with Crippen LogP contribution in [0.2, 0.25) is 0 Å². The fraction of sp³-hybridized carbons (Fsp3) is 0.950. The average Bonchev–Trinajstić information content (AvgIpc) is 3.05. The van der Waals surface area contributed by atoms with Crippen molar-refractivity contribution < 1.29 is 9.53 Å². The zero-order chi connectivity index (χ0) is 15.3. The molecule has 0 bridgehead atoms. The highest BCUT2D eigenvalue weighted by atomic mass is 16.5. The van der Waals surface area contributed by atoms with E-state index >= 15 is 0 Å². The Morgan fingerprint density at radius 3 is 2.64 bits per heavy atom. The van der Waals surface area contributed by atoms with Crippen molar-refractivity contribution in [1.82, 2.24) is 0 Å². The van der Waals surface area contributed by atoms with Crippen LogP contribution in [-0.2, 0) is 9.53 Å². The van der Waals surface area contributed by atoms with Gasteiger partial charge in [0, 0.05) is 24.4 Å². The normalized spacial score (nSPS) is 62.1. The van der Waals surface area contributed by atoms with Crippen LogP contribution in [0.25, 0.3) is 0 Å². The van der Waals surface area contributed by atoms with Crippen molar-refractivity contribution in [2.45, 2.75) is 71.3 Å². The summed E-state index contributed by atoms with van der Waals surface area (Å²) >= 11 is 0. The number of carbonyl (C=O) groups is 1. The van der Waals surface area contributed by atoms with E-state index in [2.05, 4.69) is 13.8 Å². The summed E-state index contributed by atoms with van der Waals surface area (Å²) in [4.78, 5) is 12.5. The molecule has 0 radical (unpaired) electrons. The SMILES string of the molecule is CO[C@@H]1C[C@H]2[C@@H]3CCC(=O)[C@@]3(C)CC[C@@H]2[C@@]2(C)CCC3CC312. The molecule has 5 aliphatic carbocycles. The van der Waals surface area contributed by atoms with Gasteiger partial charge in [0.2, 0.25) is 0 Å². The van der Waals surface area contributed by atoms with Gasteiger partial charge in [-0.15, -0.1) is 0 Å². The molecule has 0 N–H and O–H groups in total. The van der Waals surface area contributed by atoms with Gasteiger partial charge in [-0.25, -0.2) is 0 Å². The second-order valence-electron chi connectivity index (χ2n) is 9.65. The zero-order valence-corrected chi connectivity index (χ0v) is 14.4. The van der Waals surface area contributed by atoms with Crippen LogP contribution in [0.4, 0.5) is 0 Å². The van der Waals surface area contributed by atoms with Crippen molar-refractivity contribution in [3.8, 4) is 0 Å². The molecular weight excluding hydrogens is 272 g/mol. The summed E-state index contributed by atoms with van der Waals surface area (Å²) in [6.45, 7) is 4.88. The van der Waals surface area contributed by atoms with E-state index in [-0.39, 0.29) is 5.41 Å². The molecule has 0 aromatic rings. The molecule has 5 saturated carbocycles. The fourth-order valence-corrected chi connectivity index (χ4v) is 8.35. The van der Waals surface area contributed by atoms with Gasteiger partial charge in [0.05, 0.1) is 6.10 Å². The molecule has 0 saturated heterocycles. The van der Waals surface area contributed by atoms with Crippen molar-refractivity contribution in [3.63, 3.8) is 0 Å². The number of hydrogen-bond donors (Lipinski definition) is 0. The van der Waals surface area contributed by atoms with Gasteiger partial charge >= 0.3 is 0 Å². The van der Waals surface area contributed by atoms with E-state index in [1.165, 1.54) is 32.1 Å². The Balaban J connectivity index is 1.57. The molecule has 0 aromatic heterocycles. The number of hydrogen-bond acceptors (Lipinski definition) is 2. The number of ketones is 1. The Morgan fingerprint density at radius 2 is 1.91 bits per heavy atom. The van der Waals surface area contributed by atoms with E-state index in [4.69, 9.17) is 4.74 Å². The van der Waals surface area contributed by atoms with Gasteiger partial charge in [0.25, 0.3) is 0 Å². The molecule has 5 rings (SSSR count). The number of fused-ring (bicyclic) bond motifs is 4. The first-order valence-corrected chi connectivity index (χ1v) is 9.53. The van der Waals surface area contributed by atoms with E-state index in [0.717, 1.165) is 37.0 Å². The fourth-order valence-electron chi connectivity index (χ4n) is 8.35. The second kappa shape index (κ2) is 3.99. The molecular formula is C20H30O2. The highest BCUT2D eigenvalue weighted by molar-refractivity contribution is 5.87. The largest absolute Gasteiger partial charge is 0.381 e. The van der Waals surface area contributed by atoms with Crippen LogP contribution in [0.3, 0.4) is 0 Å². The minimum absolute atomic E-state index is 0.00186. The Labute approximate surface area is 134 Å². The van der Waals surface area contributed by atoms with E-state index in [9.17, 15) is 4.79 Å². The van der Waals surface area contributed by atoms with E-state index in [1.54, 1.807) is 0 Å². The summed E-state index contributed by atoms with van der Waals surface area (Å²) in [6.07, 6.45) is 10.4. The minimum Gasteiger partial charge on any atom is -0.381 e. The Hall–Kier alpha value is -0.370. The van der Waals surface area contributed by atoms with Crippen molar-refractivity contribution in [2.24, 2.45) is 39.9 Å². The Morgan fingerprint density at radius 1 is 1.09 bits per heavy atom. The maximum Gasteiger partial charge on any atom is 0.139 e. The van der Waals surface area contributed by atoms with Gasteiger partial charge in [0.1, 0.15) is 5.78 Å². The highest BCUT2D eigenvalue weighted by Crippen LogP contribution is 2.81. The molecule has 122 valence electrons. The first kappa shape index (κ1) is 14.0. The van der Waals surface area contributed by atoms with E-state index in [1.807, 2.05) is 7.11 Å². The molecule has 0 heterocycles. The molecule has 5 fully saturated rings. The summed E-state index contributed by atoms with van der Waals surface area (Å²) < 4.78 is 6.09. The van der Waals surface area contributed by atoms with E-state index < -0.39 is 0 Å². The summed E-state index contributed by atoms with van der Waals surface area (Å²) in [5.74, 6) is 3.75. The van der Waals surface area contributed by atoms with Crippen LogP contribution in [0.15, 0.2) is 0 Å². The molecule has 0 aromatic carbocycles. The first-order chi connectivity index (χ1) is 10.5. The van der Waals surface area contributed by atoms with Gasteiger partial charge in [-0.05, 0) is 74.0 Å². The van der Waals surface area contributed by atoms with E-state index in [0.29, 0.717) is 28.6 Å². The third-order valence-electron chi connectivity index (χ3n) is 9.54. The molecule has 0 amide bonds. The topological polar surface area (TPSA) is 26.3 Å². The van der Waals surface area contributed by atoms with Crippen LogP contribution >= 0.6 is 0 Å². The van der Waals surface area contributed by atoms with Crippen molar-refractivity contribution in [2.75, 3.05) is 7.11 Å². The molecule has 5 aliphatic rings. The Bertz CT molecular complexity index is 542. The van der Waals surface area contributed by atoms with Crippen molar-refractivity contribution in [3.05, 3.63) is 0 Å². The third kappa shape index (κ3) is 1.29. The molecule has 0 aliphatic heterocycles. The number of rotatable bonds is 1. The highest BCUT2D eigenvalue weighted by Gasteiger charge is 2.77. The van der Waals surface area contributed by atoms with Gasteiger partial charge in [-0.2, -0.15) is 0 Å². The monoisotopic (exact) mass is 302 g/mol. The number of carbonyl (C=O) groups excluding carboxylic acids is 1. The minimum atomic E-state index is 0.00186. The third-order valence-corrected chi connectivity index (χ3v) is 9.54. The lowest BCUT2D eigenvalue weighted by Crippen LogP contribution is -2.56. The smallest absolute Gasteiger partial charge is 0.139 e. The van der Waals surface area contributed by atoms with Crippen LogP contribution in [0.5, 0.6) is 0 Å². The number of ether oxygens (including phenoxy) is 1. The maximum absolute atomic E-state index is 12.5. The molecule has 2 heteroatoms. The number of Topliss-reactive ketones (excluding diaryl/α,β-unsaturated/α-hetero) is 1.